The van der Waals surface area contributed by atoms with Gasteiger partial charge in [0.1, 0.15) is 10.8 Å². The van der Waals surface area contributed by atoms with E-state index in [1.54, 1.807) is 0 Å². The first-order chi connectivity index (χ1) is 9.04. The first kappa shape index (κ1) is 17.1. The van der Waals surface area contributed by atoms with Gasteiger partial charge in [-0.2, -0.15) is 0 Å². The van der Waals surface area contributed by atoms with Crippen LogP contribution in [0.4, 0.5) is 0 Å². The molecule has 0 aromatic carbocycles. The molecule has 3 nitrogen and oxygen atoms in total. The molecule has 1 aromatic heterocycles. The van der Waals surface area contributed by atoms with Gasteiger partial charge in [-0.3, -0.25) is 0 Å². The molecule has 0 spiro atoms. The lowest BCUT2D eigenvalue weighted by Gasteiger charge is -2.30. The number of ether oxygens (including phenoxy) is 1. The molecule has 0 aliphatic rings. The van der Waals surface area contributed by atoms with Crippen molar-refractivity contribution in [2.24, 2.45) is 0 Å². The largest absolute Gasteiger partial charge is 0.367 e. The Kier molecular flexibility index (Phi) is 6.97. The van der Waals surface area contributed by atoms with Crippen LogP contribution >= 0.6 is 34.2 Å². The fraction of sp³-hybridized carbons (Fsp3) is 0.714. The van der Waals surface area contributed by atoms with Crippen LogP contribution in [0.25, 0.3) is 0 Å². The number of aryl methyl sites for hydroxylation is 1. The molecule has 1 aromatic rings. The van der Waals surface area contributed by atoms with Crippen LogP contribution in [0, 0.1) is 3.57 Å². The highest BCUT2D eigenvalue weighted by Crippen LogP contribution is 2.33. The highest BCUT2D eigenvalue weighted by atomic mass is 127. The van der Waals surface area contributed by atoms with Crippen LogP contribution < -0.4 is 0 Å². The molecule has 1 rings (SSSR count). The third-order valence-corrected chi connectivity index (χ3v) is 5.06. The smallest absolute Gasteiger partial charge is 0.162 e. The minimum atomic E-state index is -0.411. The monoisotopic (exact) mass is 396 g/mol. The summed E-state index contributed by atoms with van der Waals surface area (Å²) in [6, 6.07) is 0. The number of halogens is 2. The molecule has 0 aliphatic carbocycles. The average molecular weight is 397 g/mol. The zero-order chi connectivity index (χ0) is 14.5. The van der Waals surface area contributed by atoms with Crippen LogP contribution in [-0.2, 0) is 16.8 Å². The predicted molar refractivity (Wildman–Crippen MR) is 87.6 cm³/mol. The topological polar surface area (TPSA) is 35.0 Å². The van der Waals surface area contributed by atoms with Gasteiger partial charge in [0.05, 0.1) is 9.26 Å². The molecule has 0 saturated carbocycles. The van der Waals surface area contributed by atoms with E-state index in [1.165, 1.54) is 0 Å². The second-order valence-electron chi connectivity index (χ2n) is 4.48. The standard InChI is InChI=1S/C14H22ClIN2O/c1-5-9-10-11(16)12(15)18-13(17-10)14(6-2,7-3)19-8-4/h5-9H2,1-4H3. The van der Waals surface area contributed by atoms with Gasteiger partial charge < -0.3 is 4.74 Å². The van der Waals surface area contributed by atoms with Gasteiger partial charge in [0.15, 0.2) is 5.82 Å². The summed E-state index contributed by atoms with van der Waals surface area (Å²) in [5.41, 5.74) is 0.620. The van der Waals surface area contributed by atoms with Gasteiger partial charge in [-0.1, -0.05) is 38.8 Å². The van der Waals surface area contributed by atoms with Crippen LogP contribution in [-0.4, -0.2) is 16.6 Å². The lowest BCUT2D eigenvalue weighted by molar-refractivity contribution is -0.0573. The van der Waals surface area contributed by atoms with Crippen molar-refractivity contribution in [3.8, 4) is 0 Å². The SMILES string of the molecule is CCCc1nc(C(CC)(CC)OCC)nc(Cl)c1I. The maximum atomic E-state index is 6.26. The van der Waals surface area contributed by atoms with Crippen molar-refractivity contribution >= 4 is 34.2 Å². The Hall–Kier alpha value is 0.0600. The molecule has 0 atom stereocenters. The van der Waals surface area contributed by atoms with Crippen molar-refractivity contribution in [3.63, 3.8) is 0 Å². The Morgan fingerprint density at radius 2 is 1.79 bits per heavy atom. The predicted octanol–water partition coefficient (Wildman–Crippen LogP) is 4.74. The Bertz CT molecular complexity index is 422. The fourth-order valence-electron chi connectivity index (χ4n) is 2.18. The summed E-state index contributed by atoms with van der Waals surface area (Å²) in [5.74, 6) is 0.730. The van der Waals surface area contributed by atoms with Crippen molar-refractivity contribution in [3.05, 3.63) is 20.2 Å². The van der Waals surface area contributed by atoms with Crippen molar-refractivity contribution in [2.45, 2.75) is 59.0 Å². The number of aromatic nitrogens is 2. The third-order valence-electron chi connectivity index (χ3n) is 3.34. The van der Waals surface area contributed by atoms with Gasteiger partial charge in [0.2, 0.25) is 0 Å². The number of nitrogens with zero attached hydrogens (tertiary/aromatic N) is 2. The summed E-state index contributed by atoms with van der Waals surface area (Å²) in [5, 5.41) is 0.542. The minimum Gasteiger partial charge on any atom is -0.367 e. The van der Waals surface area contributed by atoms with Gasteiger partial charge in [0, 0.05) is 6.61 Å². The summed E-state index contributed by atoms with van der Waals surface area (Å²) in [7, 11) is 0. The Labute approximate surface area is 134 Å². The maximum absolute atomic E-state index is 6.26. The number of hydrogen-bond donors (Lipinski definition) is 0. The Morgan fingerprint density at radius 1 is 1.16 bits per heavy atom. The van der Waals surface area contributed by atoms with E-state index in [2.05, 4.69) is 48.3 Å². The van der Waals surface area contributed by atoms with E-state index in [1.807, 2.05) is 6.92 Å². The molecule has 1 heterocycles. The summed E-state index contributed by atoms with van der Waals surface area (Å²) in [6.45, 7) is 9.00. The van der Waals surface area contributed by atoms with E-state index >= 15 is 0 Å². The summed E-state index contributed by atoms with van der Waals surface area (Å²) in [6.07, 6.45) is 3.66. The molecule has 0 fully saturated rings. The molecule has 0 saturated heterocycles. The summed E-state index contributed by atoms with van der Waals surface area (Å²) >= 11 is 8.48. The second-order valence-corrected chi connectivity index (χ2v) is 5.92. The van der Waals surface area contributed by atoms with Gasteiger partial charge in [-0.15, -0.1) is 0 Å². The molecule has 0 amide bonds. The highest BCUT2D eigenvalue weighted by Gasteiger charge is 2.33. The zero-order valence-corrected chi connectivity index (χ0v) is 15.0. The molecular weight excluding hydrogens is 375 g/mol. The molecule has 0 N–H and O–H groups in total. The highest BCUT2D eigenvalue weighted by molar-refractivity contribution is 14.1. The van der Waals surface area contributed by atoms with Crippen molar-refractivity contribution in [1.29, 1.82) is 0 Å². The van der Waals surface area contributed by atoms with E-state index in [4.69, 9.17) is 21.3 Å². The lowest BCUT2D eigenvalue weighted by Crippen LogP contribution is -2.31. The Balaban J connectivity index is 3.31. The Morgan fingerprint density at radius 3 is 2.26 bits per heavy atom. The average Bonchev–Trinajstić information content (AvgIpc) is 2.41. The summed E-state index contributed by atoms with van der Waals surface area (Å²) in [4.78, 5) is 9.20. The van der Waals surface area contributed by atoms with Gasteiger partial charge in [-0.25, -0.2) is 9.97 Å². The van der Waals surface area contributed by atoms with Crippen LogP contribution in [0.3, 0.4) is 0 Å². The first-order valence-corrected chi connectivity index (χ1v) is 8.36. The maximum Gasteiger partial charge on any atom is 0.162 e. The van der Waals surface area contributed by atoms with Crippen molar-refractivity contribution in [1.82, 2.24) is 9.97 Å². The van der Waals surface area contributed by atoms with E-state index in [0.29, 0.717) is 11.8 Å². The fourth-order valence-corrected chi connectivity index (χ4v) is 2.88. The molecule has 0 unspecified atom stereocenters. The van der Waals surface area contributed by atoms with Gasteiger partial charge in [-0.05, 0) is 48.8 Å². The molecule has 19 heavy (non-hydrogen) atoms. The molecule has 5 heteroatoms. The van der Waals surface area contributed by atoms with E-state index < -0.39 is 5.60 Å². The zero-order valence-electron chi connectivity index (χ0n) is 12.1. The summed E-state index contributed by atoms with van der Waals surface area (Å²) < 4.78 is 6.92. The van der Waals surface area contributed by atoms with Crippen molar-refractivity contribution in [2.75, 3.05) is 6.61 Å². The molecule has 0 aliphatic heterocycles. The van der Waals surface area contributed by atoms with E-state index in [9.17, 15) is 0 Å². The number of hydrogen-bond acceptors (Lipinski definition) is 3. The van der Waals surface area contributed by atoms with Crippen LogP contribution in [0.1, 0.15) is 58.5 Å². The number of rotatable bonds is 7. The van der Waals surface area contributed by atoms with Gasteiger partial charge in [0.25, 0.3) is 0 Å². The quantitative estimate of drug-likeness (QED) is 0.493. The second kappa shape index (κ2) is 7.74. The van der Waals surface area contributed by atoms with E-state index in [-0.39, 0.29) is 0 Å². The van der Waals surface area contributed by atoms with Crippen LogP contribution in [0.2, 0.25) is 5.15 Å². The third kappa shape index (κ3) is 3.79. The normalized spacial score (nSPS) is 11.9. The first-order valence-electron chi connectivity index (χ1n) is 6.90. The van der Waals surface area contributed by atoms with Crippen LogP contribution in [0.5, 0.6) is 0 Å². The molecular formula is C14H22ClIN2O. The molecule has 0 radical (unpaired) electrons. The van der Waals surface area contributed by atoms with Crippen LogP contribution in [0.15, 0.2) is 0 Å². The molecule has 108 valence electrons. The lowest BCUT2D eigenvalue weighted by atomic mass is 9.95. The van der Waals surface area contributed by atoms with E-state index in [0.717, 1.165) is 40.8 Å². The molecule has 0 bridgehead atoms. The van der Waals surface area contributed by atoms with Gasteiger partial charge >= 0.3 is 0 Å². The van der Waals surface area contributed by atoms with Crippen molar-refractivity contribution < 1.29 is 4.74 Å². The minimum absolute atomic E-state index is 0.411.